The summed E-state index contributed by atoms with van der Waals surface area (Å²) in [4.78, 5) is 0. The van der Waals surface area contributed by atoms with Gasteiger partial charge in [-0.3, -0.25) is 4.21 Å². The van der Waals surface area contributed by atoms with Crippen molar-refractivity contribution >= 4 is 28.6 Å². The highest BCUT2D eigenvalue weighted by molar-refractivity contribution is 8.16. The average Bonchev–Trinajstić information content (AvgIpc) is 2.26. The van der Waals surface area contributed by atoms with E-state index in [-0.39, 0.29) is 0 Å². The zero-order chi connectivity index (χ0) is 11.3. The largest absolute Gasteiger partial charge is 0.497 e. The molecule has 0 aliphatic carbocycles. The molecule has 82 valence electrons. The summed E-state index contributed by atoms with van der Waals surface area (Å²) >= 11 is 1.51. The molecule has 0 saturated heterocycles. The number of rotatable bonds is 4. The van der Waals surface area contributed by atoms with Crippen molar-refractivity contribution in [2.45, 2.75) is 0 Å². The highest BCUT2D eigenvalue weighted by Crippen LogP contribution is 2.20. The number of methoxy groups -OCH3 is 1. The molecular weight excluding hydrogens is 228 g/mol. The molecule has 0 aromatic heterocycles. The van der Waals surface area contributed by atoms with Crippen LogP contribution >= 0.6 is 11.8 Å². The molecule has 0 spiro atoms. The summed E-state index contributed by atoms with van der Waals surface area (Å²) in [6.45, 7) is 0. The van der Waals surface area contributed by atoms with Gasteiger partial charge in [0.15, 0.2) is 0 Å². The minimum absolute atomic E-state index is 0.829. The van der Waals surface area contributed by atoms with Crippen molar-refractivity contribution in [3.05, 3.63) is 34.1 Å². The topological polar surface area (TPSA) is 26.3 Å². The molecule has 4 heteroatoms. The molecule has 0 aliphatic heterocycles. The molecule has 0 radical (unpaired) electrons. The van der Waals surface area contributed by atoms with E-state index in [9.17, 15) is 4.21 Å². The number of ether oxygens (including phenoxy) is 1. The highest BCUT2D eigenvalue weighted by atomic mass is 32.2. The van der Waals surface area contributed by atoms with E-state index >= 15 is 0 Å². The summed E-state index contributed by atoms with van der Waals surface area (Å²) in [6, 6.07) is 7.68. The van der Waals surface area contributed by atoms with Crippen molar-refractivity contribution in [3.8, 4) is 5.75 Å². The molecule has 0 saturated carbocycles. The van der Waals surface area contributed by atoms with E-state index < -0.39 is 10.8 Å². The van der Waals surface area contributed by atoms with Crippen LogP contribution in [0.1, 0.15) is 5.56 Å². The monoisotopic (exact) mass is 242 g/mol. The first-order valence-electron chi connectivity index (χ1n) is 4.40. The standard InChI is InChI=1S/C11H14O2S2/c1-13-10-6-4-9(5-7-10)8-11(14-2)15(3)12/h4-8H,1-3H3/b11-8-/t15-/m1/s1. The highest BCUT2D eigenvalue weighted by Gasteiger charge is 2.00. The van der Waals surface area contributed by atoms with Gasteiger partial charge < -0.3 is 4.74 Å². The Hall–Kier alpha value is -0.740. The molecule has 1 aromatic rings. The lowest BCUT2D eigenvalue weighted by atomic mass is 10.2. The van der Waals surface area contributed by atoms with E-state index in [1.807, 2.05) is 36.6 Å². The molecule has 0 heterocycles. The van der Waals surface area contributed by atoms with Gasteiger partial charge in [0.1, 0.15) is 5.75 Å². The first kappa shape index (κ1) is 12.3. The summed E-state index contributed by atoms with van der Waals surface area (Å²) in [6.07, 6.45) is 5.54. The van der Waals surface area contributed by atoms with Gasteiger partial charge in [-0.1, -0.05) is 12.1 Å². The first-order chi connectivity index (χ1) is 7.17. The molecule has 2 nitrogen and oxygen atoms in total. The smallest absolute Gasteiger partial charge is 0.118 e. The lowest BCUT2D eigenvalue weighted by molar-refractivity contribution is 0.415. The Morgan fingerprint density at radius 2 is 2.00 bits per heavy atom. The predicted octanol–water partition coefficient (Wildman–Crippen LogP) is 2.74. The van der Waals surface area contributed by atoms with Crippen LogP contribution in [0.15, 0.2) is 28.5 Å². The number of benzene rings is 1. The van der Waals surface area contributed by atoms with Crippen LogP contribution < -0.4 is 4.74 Å². The van der Waals surface area contributed by atoms with E-state index in [1.54, 1.807) is 13.4 Å². The Bertz CT molecular complexity index is 369. The average molecular weight is 242 g/mol. The molecule has 0 unspecified atom stereocenters. The van der Waals surface area contributed by atoms with Crippen molar-refractivity contribution in [1.82, 2.24) is 0 Å². The molecule has 1 rings (SSSR count). The second-order valence-electron chi connectivity index (χ2n) is 2.89. The lowest BCUT2D eigenvalue weighted by Gasteiger charge is -2.01. The minimum Gasteiger partial charge on any atom is -0.497 e. The summed E-state index contributed by atoms with van der Waals surface area (Å²) in [5.41, 5.74) is 1.04. The van der Waals surface area contributed by atoms with Crippen LogP contribution in [-0.4, -0.2) is 23.8 Å². The summed E-state index contributed by atoms with van der Waals surface area (Å²) in [7, 11) is 0.720. The van der Waals surface area contributed by atoms with E-state index in [2.05, 4.69) is 0 Å². The molecule has 0 fully saturated rings. The van der Waals surface area contributed by atoms with Crippen LogP contribution in [0, 0.1) is 0 Å². The third-order valence-corrected chi connectivity index (χ3v) is 4.29. The van der Waals surface area contributed by atoms with Gasteiger partial charge in [0.05, 0.1) is 22.1 Å². The fourth-order valence-corrected chi connectivity index (χ4v) is 2.59. The molecule has 0 bridgehead atoms. The maximum absolute atomic E-state index is 11.3. The molecular formula is C11H14O2S2. The fourth-order valence-electron chi connectivity index (χ4n) is 1.10. The summed E-state index contributed by atoms with van der Waals surface area (Å²) < 4.78 is 17.2. The van der Waals surface area contributed by atoms with E-state index in [4.69, 9.17) is 4.74 Å². The van der Waals surface area contributed by atoms with Gasteiger partial charge in [-0.15, -0.1) is 11.8 Å². The number of hydrogen-bond acceptors (Lipinski definition) is 3. The Labute approximate surface area is 97.2 Å². The van der Waals surface area contributed by atoms with Gasteiger partial charge in [0.2, 0.25) is 0 Å². The second kappa shape index (κ2) is 5.98. The molecule has 0 N–H and O–H groups in total. The molecule has 0 aliphatic rings. The van der Waals surface area contributed by atoms with Gasteiger partial charge in [0, 0.05) is 6.26 Å². The van der Waals surface area contributed by atoms with Gasteiger partial charge in [-0.2, -0.15) is 0 Å². The van der Waals surface area contributed by atoms with E-state index in [0.717, 1.165) is 15.6 Å². The van der Waals surface area contributed by atoms with Crippen LogP contribution in [0.5, 0.6) is 5.75 Å². The predicted molar refractivity (Wildman–Crippen MR) is 68.6 cm³/mol. The van der Waals surface area contributed by atoms with Crippen LogP contribution in [0.2, 0.25) is 0 Å². The Morgan fingerprint density at radius 3 is 2.40 bits per heavy atom. The molecule has 1 aromatic carbocycles. The number of thioether (sulfide) groups is 1. The van der Waals surface area contributed by atoms with Crippen molar-refractivity contribution in [1.29, 1.82) is 0 Å². The van der Waals surface area contributed by atoms with E-state index in [0.29, 0.717) is 0 Å². The van der Waals surface area contributed by atoms with Crippen molar-refractivity contribution in [3.63, 3.8) is 0 Å². The third kappa shape index (κ3) is 3.72. The quantitative estimate of drug-likeness (QED) is 0.812. The Morgan fingerprint density at radius 1 is 1.40 bits per heavy atom. The summed E-state index contributed by atoms with van der Waals surface area (Å²) in [5, 5.41) is 0. The van der Waals surface area contributed by atoms with Gasteiger partial charge in [-0.25, -0.2) is 0 Å². The molecule has 15 heavy (non-hydrogen) atoms. The second-order valence-corrected chi connectivity index (χ2v) is 5.35. The lowest BCUT2D eigenvalue weighted by Crippen LogP contribution is -1.87. The third-order valence-electron chi connectivity index (χ3n) is 1.88. The summed E-state index contributed by atoms with van der Waals surface area (Å²) in [5.74, 6) is 0.829. The van der Waals surface area contributed by atoms with E-state index in [1.165, 1.54) is 11.8 Å². The molecule has 0 amide bonds. The normalized spacial score (nSPS) is 13.7. The zero-order valence-corrected chi connectivity index (χ0v) is 10.7. The van der Waals surface area contributed by atoms with Crippen molar-refractivity contribution < 1.29 is 8.95 Å². The van der Waals surface area contributed by atoms with Gasteiger partial charge >= 0.3 is 0 Å². The number of hydrogen-bond donors (Lipinski definition) is 0. The SMILES string of the molecule is COc1ccc(/C=C(/SC)[S@@](C)=O)cc1. The van der Waals surface area contributed by atoms with Crippen molar-refractivity contribution in [2.75, 3.05) is 19.6 Å². The fraction of sp³-hybridized carbons (Fsp3) is 0.273. The van der Waals surface area contributed by atoms with Crippen LogP contribution in [-0.2, 0) is 10.8 Å². The van der Waals surface area contributed by atoms with Crippen LogP contribution in [0.25, 0.3) is 6.08 Å². The van der Waals surface area contributed by atoms with Gasteiger partial charge in [-0.05, 0) is 30.0 Å². The minimum atomic E-state index is -0.918. The maximum Gasteiger partial charge on any atom is 0.118 e. The zero-order valence-electron chi connectivity index (χ0n) is 9.02. The Balaban J connectivity index is 2.92. The Kier molecular flexibility index (Phi) is 4.91. The van der Waals surface area contributed by atoms with Crippen molar-refractivity contribution in [2.24, 2.45) is 0 Å². The van der Waals surface area contributed by atoms with Crippen LogP contribution in [0.4, 0.5) is 0 Å². The molecule has 1 atom stereocenters. The maximum atomic E-state index is 11.3. The first-order valence-corrected chi connectivity index (χ1v) is 7.19. The van der Waals surface area contributed by atoms with Crippen LogP contribution in [0.3, 0.4) is 0 Å². The van der Waals surface area contributed by atoms with Gasteiger partial charge in [0.25, 0.3) is 0 Å².